The van der Waals surface area contributed by atoms with Crippen LogP contribution < -0.4 is 16.0 Å². The summed E-state index contributed by atoms with van der Waals surface area (Å²) in [6, 6.07) is 17.2. The van der Waals surface area contributed by atoms with Crippen molar-refractivity contribution in [3.63, 3.8) is 0 Å². The van der Waals surface area contributed by atoms with Gasteiger partial charge >= 0.3 is 6.03 Å². The molecule has 3 aromatic rings. The largest absolute Gasteiger partial charge is 0.377 e. The van der Waals surface area contributed by atoms with E-state index in [9.17, 15) is 4.79 Å². The number of carbonyl (C=O) groups is 1. The molecule has 4 N–H and O–H groups in total. The summed E-state index contributed by atoms with van der Waals surface area (Å²) in [5.41, 5.74) is 2.95. The van der Waals surface area contributed by atoms with Gasteiger partial charge in [0, 0.05) is 35.9 Å². The maximum absolute atomic E-state index is 12.5. The lowest BCUT2D eigenvalue weighted by Gasteiger charge is -2.47. The monoisotopic (exact) mass is 473 g/mol. The lowest BCUT2D eigenvalue weighted by atomic mass is 9.89. The zero-order valence-corrected chi connectivity index (χ0v) is 20.0. The molecule has 2 aliphatic heterocycles. The SMILES string of the molecule is Cc1cc(Nc2cnc(NC(=O)NC3CCN(C)C34COC4)cc2C=N)ccn1.c1ccccc1. The minimum absolute atomic E-state index is 0.0410. The molecule has 4 heterocycles. The number of carbonyl (C=O) groups excluding carboxylic acids is 1. The van der Waals surface area contributed by atoms with Crippen LogP contribution >= 0.6 is 0 Å². The van der Waals surface area contributed by atoms with Crippen molar-refractivity contribution in [1.29, 1.82) is 5.41 Å². The van der Waals surface area contributed by atoms with Crippen molar-refractivity contribution in [1.82, 2.24) is 20.2 Å². The van der Waals surface area contributed by atoms with Crippen molar-refractivity contribution in [2.24, 2.45) is 0 Å². The van der Waals surface area contributed by atoms with Crippen molar-refractivity contribution >= 4 is 29.4 Å². The Morgan fingerprint density at radius 1 is 1.17 bits per heavy atom. The molecule has 1 unspecified atom stereocenters. The first-order valence-electron chi connectivity index (χ1n) is 11.6. The minimum Gasteiger partial charge on any atom is -0.377 e. The van der Waals surface area contributed by atoms with E-state index in [2.05, 4.69) is 37.9 Å². The second-order valence-electron chi connectivity index (χ2n) is 8.72. The van der Waals surface area contributed by atoms with Crippen LogP contribution in [0.15, 0.2) is 67.0 Å². The second-order valence-corrected chi connectivity index (χ2v) is 8.72. The van der Waals surface area contributed by atoms with E-state index in [0.717, 1.165) is 24.3 Å². The average molecular weight is 474 g/mol. The van der Waals surface area contributed by atoms with Gasteiger partial charge in [-0.3, -0.25) is 15.2 Å². The molecule has 2 saturated heterocycles. The molecule has 0 aliphatic carbocycles. The molecule has 2 aromatic heterocycles. The molecule has 9 nitrogen and oxygen atoms in total. The Hall–Kier alpha value is -3.82. The number of pyridine rings is 2. The number of rotatable bonds is 5. The first-order valence-corrected chi connectivity index (χ1v) is 11.6. The van der Waals surface area contributed by atoms with Crippen molar-refractivity contribution in [2.75, 3.05) is 37.4 Å². The molecule has 0 radical (unpaired) electrons. The first-order chi connectivity index (χ1) is 17.0. The molecular weight excluding hydrogens is 442 g/mol. The Kier molecular flexibility index (Phi) is 7.69. The summed E-state index contributed by atoms with van der Waals surface area (Å²) in [7, 11) is 2.07. The van der Waals surface area contributed by atoms with E-state index in [1.807, 2.05) is 55.5 Å². The molecule has 35 heavy (non-hydrogen) atoms. The molecule has 0 bridgehead atoms. The van der Waals surface area contributed by atoms with E-state index in [1.165, 1.54) is 6.21 Å². The molecular formula is C26H31N7O2. The summed E-state index contributed by atoms with van der Waals surface area (Å²) < 4.78 is 5.40. The molecule has 1 atom stereocenters. The van der Waals surface area contributed by atoms with Crippen LogP contribution in [0.3, 0.4) is 0 Å². The summed E-state index contributed by atoms with van der Waals surface area (Å²) in [6.07, 6.45) is 5.45. The Bertz CT molecular complexity index is 1120. The quantitative estimate of drug-likeness (QED) is 0.419. The van der Waals surface area contributed by atoms with Crippen LogP contribution in [0.25, 0.3) is 0 Å². The molecule has 5 rings (SSSR count). The number of likely N-dealkylation sites (tertiary alicyclic amines) is 1. The normalized spacial score (nSPS) is 18.1. The molecule has 9 heteroatoms. The minimum atomic E-state index is -0.300. The Morgan fingerprint density at radius 3 is 2.49 bits per heavy atom. The maximum Gasteiger partial charge on any atom is 0.320 e. The number of urea groups is 1. The van der Waals surface area contributed by atoms with E-state index >= 15 is 0 Å². The number of anilines is 3. The van der Waals surface area contributed by atoms with E-state index in [1.54, 1.807) is 18.5 Å². The van der Waals surface area contributed by atoms with E-state index in [-0.39, 0.29) is 17.6 Å². The topological polar surface area (TPSA) is 115 Å². The summed E-state index contributed by atoms with van der Waals surface area (Å²) in [5.74, 6) is 0.391. The Morgan fingerprint density at radius 2 is 1.89 bits per heavy atom. The molecule has 182 valence electrons. The maximum atomic E-state index is 12.5. The van der Waals surface area contributed by atoms with Gasteiger partial charge in [-0.25, -0.2) is 9.78 Å². The molecule has 1 aromatic carbocycles. The third-order valence-corrected chi connectivity index (χ3v) is 6.35. The highest BCUT2D eigenvalue weighted by Crippen LogP contribution is 2.34. The highest BCUT2D eigenvalue weighted by molar-refractivity contribution is 5.92. The highest BCUT2D eigenvalue weighted by Gasteiger charge is 2.53. The Labute approximate surface area is 205 Å². The van der Waals surface area contributed by atoms with Crippen molar-refractivity contribution in [2.45, 2.75) is 24.9 Å². The number of nitrogens with zero attached hydrogens (tertiary/aromatic N) is 3. The van der Waals surface area contributed by atoms with Crippen LogP contribution in [0.1, 0.15) is 17.7 Å². The lowest BCUT2D eigenvalue weighted by molar-refractivity contribution is -0.124. The van der Waals surface area contributed by atoms with Crippen LogP contribution in [0.5, 0.6) is 0 Å². The van der Waals surface area contributed by atoms with Gasteiger partial charge in [0.1, 0.15) is 5.82 Å². The molecule has 0 saturated carbocycles. The van der Waals surface area contributed by atoms with Crippen molar-refractivity contribution < 1.29 is 9.53 Å². The smallest absolute Gasteiger partial charge is 0.320 e. The molecule has 1 spiro atoms. The van der Waals surface area contributed by atoms with E-state index in [0.29, 0.717) is 30.3 Å². The number of benzene rings is 1. The van der Waals surface area contributed by atoms with Gasteiger partial charge in [0.05, 0.1) is 36.7 Å². The van der Waals surface area contributed by atoms with Crippen LogP contribution in [0.4, 0.5) is 22.0 Å². The van der Waals surface area contributed by atoms with Crippen molar-refractivity contribution in [3.05, 3.63) is 78.2 Å². The summed E-state index contributed by atoms with van der Waals surface area (Å²) in [5, 5.41) is 16.8. The first kappa shape index (κ1) is 24.3. The molecule has 2 amide bonds. The van der Waals surface area contributed by atoms with E-state index < -0.39 is 0 Å². The van der Waals surface area contributed by atoms with Crippen LogP contribution in [-0.4, -0.2) is 65.5 Å². The van der Waals surface area contributed by atoms with Gasteiger partial charge < -0.3 is 20.8 Å². The number of ether oxygens (including phenoxy) is 1. The molecule has 2 fully saturated rings. The molecule has 2 aliphatic rings. The van der Waals surface area contributed by atoms with Crippen molar-refractivity contribution in [3.8, 4) is 0 Å². The summed E-state index contributed by atoms with van der Waals surface area (Å²) in [4.78, 5) is 23.3. The Balaban J connectivity index is 0.000000421. The number of likely N-dealkylation sites (N-methyl/N-ethyl adjacent to an activating group) is 1. The lowest BCUT2D eigenvalue weighted by Crippen LogP contribution is -2.67. The van der Waals surface area contributed by atoms with Gasteiger partial charge in [0.2, 0.25) is 0 Å². The highest BCUT2D eigenvalue weighted by atomic mass is 16.5. The standard InChI is InChI=1S/C20H25N7O2.C6H6/c1-13-7-15(3-5-22-13)24-16-10-23-18(8-14(16)9-21)26-19(28)25-17-4-6-27(2)20(17)11-29-12-20;1-2-4-6-5-3-1/h3,5,7-10,17,21H,4,6,11-12H2,1-2H3,(H,22,24)(H2,23,25,26,28);1-6H. The van der Waals surface area contributed by atoms with Gasteiger partial charge in [-0.2, -0.15) is 0 Å². The third-order valence-electron chi connectivity index (χ3n) is 6.35. The zero-order chi connectivity index (χ0) is 24.7. The number of aryl methyl sites for hydroxylation is 1. The number of nitrogens with one attached hydrogen (secondary N) is 4. The van der Waals surface area contributed by atoms with Gasteiger partial charge in [-0.1, -0.05) is 36.4 Å². The summed E-state index contributed by atoms with van der Waals surface area (Å²) in [6.45, 7) is 4.12. The average Bonchev–Trinajstić information content (AvgIpc) is 3.17. The number of hydrogen-bond acceptors (Lipinski definition) is 7. The van der Waals surface area contributed by atoms with Gasteiger partial charge in [-0.15, -0.1) is 0 Å². The van der Waals surface area contributed by atoms with Gasteiger partial charge in [0.15, 0.2) is 0 Å². The summed E-state index contributed by atoms with van der Waals surface area (Å²) >= 11 is 0. The predicted octanol–water partition coefficient (Wildman–Crippen LogP) is 3.81. The third kappa shape index (κ3) is 5.82. The number of aromatic nitrogens is 2. The van der Waals surface area contributed by atoms with Crippen LogP contribution in [0, 0.1) is 12.3 Å². The van der Waals surface area contributed by atoms with Gasteiger partial charge in [-0.05, 0) is 38.6 Å². The zero-order valence-electron chi connectivity index (χ0n) is 20.0. The number of amides is 2. The van der Waals surface area contributed by atoms with E-state index in [4.69, 9.17) is 10.1 Å². The van der Waals surface area contributed by atoms with Gasteiger partial charge in [0.25, 0.3) is 0 Å². The fourth-order valence-corrected chi connectivity index (χ4v) is 4.26. The van der Waals surface area contributed by atoms with Crippen LogP contribution in [0.2, 0.25) is 0 Å². The fraction of sp³-hybridized carbons (Fsp3) is 0.308. The fourth-order valence-electron chi connectivity index (χ4n) is 4.26. The predicted molar refractivity (Wildman–Crippen MR) is 138 cm³/mol. The van der Waals surface area contributed by atoms with Crippen LogP contribution in [-0.2, 0) is 4.74 Å². The number of hydrogen-bond donors (Lipinski definition) is 4. The second kappa shape index (κ2) is 11.1.